The van der Waals surface area contributed by atoms with Gasteiger partial charge in [0.15, 0.2) is 0 Å². The lowest BCUT2D eigenvalue weighted by Gasteiger charge is -2.07. The van der Waals surface area contributed by atoms with Crippen molar-refractivity contribution in [1.82, 2.24) is 10.3 Å². The number of rotatable bonds is 4. The lowest BCUT2D eigenvalue weighted by atomic mass is 10.1. The summed E-state index contributed by atoms with van der Waals surface area (Å²) in [6.07, 6.45) is 1.40. The van der Waals surface area contributed by atoms with E-state index in [1.807, 2.05) is 0 Å². The van der Waals surface area contributed by atoms with E-state index < -0.39 is 16.6 Å². The van der Waals surface area contributed by atoms with Crippen molar-refractivity contribution in [2.45, 2.75) is 6.54 Å². The number of carbonyl (C=O) groups excluding carboxylic acids is 1. The minimum atomic E-state index is -0.638. The minimum absolute atomic E-state index is 0.0412. The van der Waals surface area contributed by atoms with Crippen LogP contribution >= 0.6 is 0 Å². The second-order valence-corrected chi connectivity index (χ2v) is 4.14. The topological polar surface area (TPSA) is 111 Å². The maximum Gasteiger partial charge on any atom is 0.270 e. The maximum atomic E-state index is 13.4. The number of non-ortho nitro benzene ring substituents is 1. The standard InChI is InChI=1S/C13H11FN4O3/c14-10-2-1-5-16-12(10)7-17-13(19)9-6-8(18(20)21)3-4-11(9)15/h1-6H,7,15H2,(H,17,19). The number of carbonyl (C=O) groups is 1. The first-order valence-electron chi connectivity index (χ1n) is 5.90. The van der Waals surface area contributed by atoms with E-state index in [9.17, 15) is 19.3 Å². The van der Waals surface area contributed by atoms with Crippen LogP contribution in [-0.4, -0.2) is 15.8 Å². The zero-order valence-corrected chi connectivity index (χ0v) is 10.7. The summed E-state index contributed by atoms with van der Waals surface area (Å²) in [5, 5.41) is 13.1. The van der Waals surface area contributed by atoms with Crippen LogP contribution in [0.25, 0.3) is 0 Å². The Balaban J connectivity index is 2.15. The molecule has 0 aliphatic heterocycles. The number of amides is 1. The third-order valence-corrected chi connectivity index (χ3v) is 2.74. The number of benzene rings is 1. The molecule has 8 heteroatoms. The molecule has 0 aliphatic carbocycles. The predicted octanol–water partition coefficient (Wildman–Crippen LogP) is 1.64. The Morgan fingerprint density at radius 1 is 1.43 bits per heavy atom. The van der Waals surface area contributed by atoms with Crippen LogP contribution in [0.2, 0.25) is 0 Å². The van der Waals surface area contributed by atoms with Gasteiger partial charge in [0.25, 0.3) is 11.6 Å². The number of halogens is 1. The van der Waals surface area contributed by atoms with Gasteiger partial charge in [-0.3, -0.25) is 19.9 Å². The molecule has 108 valence electrons. The highest BCUT2D eigenvalue weighted by Crippen LogP contribution is 2.19. The normalized spacial score (nSPS) is 10.1. The van der Waals surface area contributed by atoms with E-state index in [-0.39, 0.29) is 29.2 Å². The van der Waals surface area contributed by atoms with Gasteiger partial charge < -0.3 is 11.1 Å². The Morgan fingerprint density at radius 3 is 2.86 bits per heavy atom. The van der Waals surface area contributed by atoms with Gasteiger partial charge in [-0.2, -0.15) is 0 Å². The summed E-state index contributed by atoms with van der Waals surface area (Å²) >= 11 is 0. The molecule has 0 aliphatic rings. The number of nitrogens with one attached hydrogen (secondary N) is 1. The maximum absolute atomic E-state index is 13.4. The second-order valence-electron chi connectivity index (χ2n) is 4.14. The quantitative estimate of drug-likeness (QED) is 0.505. The number of nitrogens with zero attached hydrogens (tertiary/aromatic N) is 2. The van der Waals surface area contributed by atoms with Crippen LogP contribution in [0.15, 0.2) is 36.5 Å². The lowest BCUT2D eigenvalue weighted by Crippen LogP contribution is -2.25. The van der Waals surface area contributed by atoms with Gasteiger partial charge >= 0.3 is 0 Å². The van der Waals surface area contributed by atoms with E-state index in [0.717, 1.165) is 6.07 Å². The van der Waals surface area contributed by atoms with E-state index in [1.54, 1.807) is 0 Å². The number of nitrogens with two attached hydrogens (primary N) is 1. The van der Waals surface area contributed by atoms with Gasteiger partial charge in [0.05, 0.1) is 22.7 Å². The van der Waals surface area contributed by atoms with E-state index in [4.69, 9.17) is 5.73 Å². The molecule has 0 saturated heterocycles. The van der Waals surface area contributed by atoms with Crippen LogP contribution in [-0.2, 0) is 6.54 Å². The van der Waals surface area contributed by atoms with Gasteiger partial charge in [-0.25, -0.2) is 4.39 Å². The predicted molar refractivity (Wildman–Crippen MR) is 72.9 cm³/mol. The van der Waals surface area contributed by atoms with Crippen molar-refractivity contribution in [3.8, 4) is 0 Å². The molecule has 1 aromatic carbocycles. The number of nitrogen functional groups attached to an aromatic ring is 1. The van der Waals surface area contributed by atoms with Crippen molar-refractivity contribution in [3.63, 3.8) is 0 Å². The summed E-state index contributed by atoms with van der Waals surface area (Å²) in [4.78, 5) is 25.8. The molecule has 1 heterocycles. The number of nitro benzene ring substituents is 1. The summed E-state index contributed by atoms with van der Waals surface area (Å²) in [5.41, 5.74) is 5.49. The first-order chi connectivity index (χ1) is 9.99. The van der Waals surface area contributed by atoms with Crippen LogP contribution < -0.4 is 11.1 Å². The Labute approximate surface area is 118 Å². The number of anilines is 1. The SMILES string of the molecule is Nc1ccc([N+](=O)[O-])cc1C(=O)NCc1ncccc1F. The van der Waals surface area contributed by atoms with Crippen molar-refractivity contribution in [2.24, 2.45) is 0 Å². The third-order valence-electron chi connectivity index (χ3n) is 2.74. The molecule has 7 nitrogen and oxygen atoms in total. The molecule has 3 N–H and O–H groups in total. The summed E-state index contributed by atoms with van der Waals surface area (Å²) in [7, 11) is 0. The first kappa shape index (κ1) is 14.4. The van der Waals surface area contributed by atoms with Gasteiger partial charge in [0, 0.05) is 24.0 Å². The Morgan fingerprint density at radius 2 is 2.19 bits per heavy atom. The van der Waals surface area contributed by atoms with Crippen LogP contribution in [0, 0.1) is 15.9 Å². The number of hydrogen-bond donors (Lipinski definition) is 2. The molecule has 1 amide bonds. The van der Waals surface area contributed by atoms with E-state index in [2.05, 4.69) is 10.3 Å². The van der Waals surface area contributed by atoms with Crippen molar-refractivity contribution < 1.29 is 14.1 Å². The minimum Gasteiger partial charge on any atom is -0.398 e. The molecule has 0 saturated carbocycles. The summed E-state index contributed by atoms with van der Waals surface area (Å²) in [5.74, 6) is -1.19. The average molecular weight is 290 g/mol. The first-order valence-corrected chi connectivity index (χ1v) is 5.90. The van der Waals surface area contributed by atoms with Crippen molar-refractivity contribution >= 4 is 17.3 Å². The van der Waals surface area contributed by atoms with Crippen molar-refractivity contribution in [2.75, 3.05) is 5.73 Å². The van der Waals surface area contributed by atoms with E-state index >= 15 is 0 Å². The molecular weight excluding hydrogens is 279 g/mol. The highest BCUT2D eigenvalue weighted by Gasteiger charge is 2.15. The molecule has 0 radical (unpaired) electrons. The smallest absolute Gasteiger partial charge is 0.270 e. The highest BCUT2D eigenvalue weighted by molar-refractivity contribution is 5.99. The average Bonchev–Trinajstić information content (AvgIpc) is 2.46. The van der Waals surface area contributed by atoms with Crippen LogP contribution in [0.4, 0.5) is 15.8 Å². The van der Waals surface area contributed by atoms with Gasteiger partial charge in [0.1, 0.15) is 5.82 Å². The van der Waals surface area contributed by atoms with E-state index in [1.165, 1.54) is 30.5 Å². The summed E-state index contributed by atoms with van der Waals surface area (Å²) in [6.45, 7) is -0.145. The highest BCUT2D eigenvalue weighted by atomic mass is 19.1. The third kappa shape index (κ3) is 3.30. The molecule has 2 aromatic rings. The fourth-order valence-corrected chi connectivity index (χ4v) is 1.66. The van der Waals surface area contributed by atoms with Crippen LogP contribution in [0.3, 0.4) is 0 Å². The van der Waals surface area contributed by atoms with Crippen LogP contribution in [0.1, 0.15) is 16.1 Å². The summed E-state index contributed by atoms with van der Waals surface area (Å²) < 4.78 is 13.4. The molecule has 0 bridgehead atoms. The number of pyridine rings is 1. The van der Waals surface area contributed by atoms with Crippen molar-refractivity contribution in [1.29, 1.82) is 0 Å². The zero-order valence-electron chi connectivity index (χ0n) is 10.7. The van der Waals surface area contributed by atoms with Crippen molar-refractivity contribution in [3.05, 3.63) is 63.7 Å². The fourth-order valence-electron chi connectivity index (χ4n) is 1.66. The Hall–Kier alpha value is -3.03. The number of hydrogen-bond acceptors (Lipinski definition) is 5. The molecule has 0 fully saturated rings. The van der Waals surface area contributed by atoms with Gasteiger partial charge in [-0.15, -0.1) is 0 Å². The summed E-state index contributed by atoms with van der Waals surface area (Å²) in [6, 6.07) is 6.19. The lowest BCUT2D eigenvalue weighted by molar-refractivity contribution is -0.384. The molecule has 21 heavy (non-hydrogen) atoms. The van der Waals surface area contributed by atoms with Crippen LogP contribution in [0.5, 0.6) is 0 Å². The molecule has 0 unspecified atom stereocenters. The van der Waals surface area contributed by atoms with Gasteiger partial charge in [-0.1, -0.05) is 0 Å². The molecule has 0 spiro atoms. The largest absolute Gasteiger partial charge is 0.398 e. The Kier molecular flexibility index (Phi) is 4.07. The molecule has 2 rings (SSSR count). The number of nitro groups is 1. The second kappa shape index (κ2) is 5.95. The van der Waals surface area contributed by atoms with Gasteiger partial charge in [-0.05, 0) is 18.2 Å². The molecule has 1 aromatic heterocycles. The Bertz CT molecular complexity index is 706. The van der Waals surface area contributed by atoms with Gasteiger partial charge in [0.2, 0.25) is 0 Å². The zero-order chi connectivity index (χ0) is 15.4. The molecular formula is C13H11FN4O3. The molecule has 0 atom stereocenters. The fraction of sp³-hybridized carbons (Fsp3) is 0.0769. The monoisotopic (exact) mass is 290 g/mol. The number of aromatic nitrogens is 1. The van der Waals surface area contributed by atoms with E-state index in [0.29, 0.717) is 0 Å².